The first-order valence-corrected chi connectivity index (χ1v) is 13.8. The average Bonchev–Trinajstić information content (AvgIpc) is 3.06. The molecule has 0 amide bonds. The van der Waals surface area contributed by atoms with Crippen LogP contribution in [0.4, 0.5) is 0 Å². The summed E-state index contributed by atoms with van der Waals surface area (Å²) >= 11 is 0. The number of allylic oxidation sites excluding steroid dienone is 2. The van der Waals surface area contributed by atoms with E-state index in [2.05, 4.69) is 97.1 Å². The summed E-state index contributed by atoms with van der Waals surface area (Å²) in [6.45, 7) is 0. The van der Waals surface area contributed by atoms with Gasteiger partial charge in [0, 0.05) is 16.7 Å². The van der Waals surface area contributed by atoms with Crippen molar-refractivity contribution in [2.75, 3.05) is 0 Å². The number of fused-ring (bicyclic) bond motifs is 1. The highest BCUT2D eigenvalue weighted by molar-refractivity contribution is 6.07. The molecule has 1 aliphatic heterocycles. The summed E-state index contributed by atoms with van der Waals surface area (Å²) in [6.07, 6.45) is 2.18. The van der Waals surface area contributed by atoms with Crippen molar-refractivity contribution in [1.29, 1.82) is 0 Å². The first-order chi connectivity index (χ1) is 20.3. The number of ether oxygens (including phenoxy) is 1. The molecule has 0 spiro atoms. The number of para-hydroxylation sites is 1. The lowest BCUT2D eigenvalue weighted by Crippen LogP contribution is -2.06. The van der Waals surface area contributed by atoms with Crippen molar-refractivity contribution >= 4 is 16.9 Å². The van der Waals surface area contributed by atoms with Crippen LogP contribution in [-0.4, -0.2) is 0 Å². The summed E-state index contributed by atoms with van der Waals surface area (Å²) in [5.41, 5.74) is 8.52. The Hall–Kier alpha value is -5.47. The molecule has 0 saturated carbocycles. The second-order valence-electron chi connectivity index (χ2n) is 9.93. The molecule has 0 aliphatic carbocycles. The zero-order valence-corrected chi connectivity index (χ0v) is 22.4. The number of hydrogen-bond donors (Lipinski definition) is 0. The lowest BCUT2D eigenvalue weighted by Gasteiger charge is -2.23. The highest BCUT2D eigenvalue weighted by Crippen LogP contribution is 2.44. The Morgan fingerprint density at radius 2 is 0.951 bits per heavy atom. The van der Waals surface area contributed by atoms with Crippen molar-refractivity contribution in [3.63, 3.8) is 0 Å². The molecule has 41 heavy (non-hydrogen) atoms. The summed E-state index contributed by atoms with van der Waals surface area (Å²) in [7, 11) is 0. The van der Waals surface area contributed by atoms with Crippen LogP contribution in [0.25, 0.3) is 39.6 Å². The molecular formula is C39H27O2+. The minimum Gasteiger partial charge on any atom is -0.456 e. The normalized spacial score (nSPS) is 13.5. The van der Waals surface area contributed by atoms with Crippen LogP contribution in [0.15, 0.2) is 168 Å². The molecule has 7 rings (SSSR count). The van der Waals surface area contributed by atoms with Crippen molar-refractivity contribution < 1.29 is 9.15 Å². The summed E-state index contributed by atoms with van der Waals surface area (Å²) < 4.78 is 13.0. The van der Waals surface area contributed by atoms with E-state index in [0.717, 1.165) is 67.6 Å². The van der Waals surface area contributed by atoms with Crippen molar-refractivity contribution in [2.24, 2.45) is 0 Å². The largest absolute Gasteiger partial charge is 0.456 e. The lowest BCUT2D eigenvalue weighted by atomic mass is 9.87. The Morgan fingerprint density at radius 1 is 0.463 bits per heavy atom. The number of rotatable bonds is 5. The Labute approximate surface area is 240 Å². The van der Waals surface area contributed by atoms with Gasteiger partial charge in [0.05, 0.1) is 23.3 Å². The van der Waals surface area contributed by atoms with Gasteiger partial charge in [0.25, 0.3) is 0 Å². The van der Waals surface area contributed by atoms with Gasteiger partial charge in [-0.1, -0.05) is 115 Å². The van der Waals surface area contributed by atoms with E-state index in [1.54, 1.807) is 0 Å². The maximum atomic E-state index is 6.56. The van der Waals surface area contributed by atoms with Crippen LogP contribution < -0.4 is 4.74 Å². The number of benzene rings is 5. The third kappa shape index (κ3) is 4.99. The summed E-state index contributed by atoms with van der Waals surface area (Å²) in [5.74, 6) is 3.27. The standard InChI is InChI=1S/C39H27O2/c1-5-15-28(16-6-1)36-25-32(26-37(41-36)29-17-7-2-8-18-29)39(31-21-11-4-12-22-31)34-27-38(30-19-9-3-10-20-30)40-35-24-14-13-23-33(34)35/h1-27H/q+1. The van der Waals surface area contributed by atoms with Crippen LogP contribution >= 0.6 is 0 Å². The van der Waals surface area contributed by atoms with E-state index in [9.17, 15) is 0 Å². The molecular weight excluding hydrogens is 500 g/mol. The van der Waals surface area contributed by atoms with Crippen molar-refractivity contribution in [1.82, 2.24) is 0 Å². The van der Waals surface area contributed by atoms with E-state index in [-0.39, 0.29) is 0 Å². The average molecular weight is 528 g/mol. The fourth-order valence-electron chi connectivity index (χ4n) is 5.30. The fourth-order valence-corrected chi connectivity index (χ4v) is 5.30. The molecule has 194 valence electrons. The van der Waals surface area contributed by atoms with Crippen molar-refractivity contribution in [2.45, 2.75) is 0 Å². The van der Waals surface area contributed by atoms with Crippen LogP contribution in [0.5, 0.6) is 5.75 Å². The van der Waals surface area contributed by atoms with Crippen LogP contribution in [0, 0.1) is 0 Å². The highest BCUT2D eigenvalue weighted by Gasteiger charge is 2.26. The van der Waals surface area contributed by atoms with Gasteiger partial charge in [-0.3, -0.25) is 0 Å². The van der Waals surface area contributed by atoms with E-state index in [1.165, 1.54) is 0 Å². The molecule has 0 unspecified atom stereocenters. The minimum absolute atomic E-state index is 0.809. The second-order valence-corrected chi connectivity index (χ2v) is 9.93. The number of hydrogen-bond acceptors (Lipinski definition) is 1. The zero-order valence-electron chi connectivity index (χ0n) is 22.4. The molecule has 1 aliphatic rings. The smallest absolute Gasteiger partial charge is 0.361 e. The Balaban J connectivity index is 1.56. The van der Waals surface area contributed by atoms with Gasteiger partial charge < -0.3 is 4.74 Å². The SMILES string of the molecule is C1=C(c2ccccc2)Oc2ccccc2C1=C(c1ccccc1)c1cc(-c2ccccc2)[o+]c(-c2ccccc2)c1. The predicted octanol–water partition coefficient (Wildman–Crippen LogP) is 10.3. The highest BCUT2D eigenvalue weighted by atomic mass is 16.5. The predicted molar refractivity (Wildman–Crippen MR) is 168 cm³/mol. The van der Waals surface area contributed by atoms with Crippen molar-refractivity contribution in [3.8, 4) is 28.4 Å². The quantitative estimate of drug-likeness (QED) is 0.208. The molecule has 0 fully saturated rings. The van der Waals surface area contributed by atoms with Crippen LogP contribution in [0.1, 0.15) is 22.3 Å². The third-order valence-electron chi connectivity index (χ3n) is 7.26. The molecule has 2 nitrogen and oxygen atoms in total. The van der Waals surface area contributed by atoms with Gasteiger partial charge >= 0.3 is 11.5 Å². The summed E-state index contributed by atoms with van der Waals surface area (Å²) in [5, 5.41) is 0. The molecule has 5 aromatic carbocycles. The molecule has 2 heterocycles. The first kappa shape index (κ1) is 24.6. The van der Waals surface area contributed by atoms with Gasteiger partial charge in [0.15, 0.2) is 0 Å². The van der Waals surface area contributed by atoms with E-state index < -0.39 is 0 Å². The Kier molecular flexibility index (Phi) is 6.56. The molecule has 0 N–H and O–H groups in total. The van der Waals surface area contributed by atoms with Gasteiger partial charge in [0.2, 0.25) is 0 Å². The molecule has 1 aromatic heterocycles. The lowest BCUT2D eigenvalue weighted by molar-refractivity contribution is 0.509. The van der Waals surface area contributed by atoms with Crippen LogP contribution in [0.3, 0.4) is 0 Å². The minimum atomic E-state index is 0.809. The molecule has 6 aromatic rings. The van der Waals surface area contributed by atoms with Crippen LogP contribution in [0.2, 0.25) is 0 Å². The maximum absolute atomic E-state index is 6.56. The topological polar surface area (TPSA) is 20.5 Å². The summed E-state index contributed by atoms with van der Waals surface area (Å²) in [4.78, 5) is 0. The zero-order chi connectivity index (χ0) is 27.4. The fraction of sp³-hybridized carbons (Fsp3) is 0. The van der Waals surface area contributed by atoms with E-state index >= 15 is 0 Å². The second kappa shape index (κ2) is 11.0. The van der Waals surface area contributed by atoms with Gasteiger partial charge in [-0.15, -0.1) is 0 Å². The Morgan fingerprint density at radius 3 is 1.54 bits per heavy atom. The van der Waals surface area contributed by atoms with E-state index in [0.29, 0.717) is 0 Å². The Bertz CT molecular complexity index is 1810. The molecule has 2 heteroatoms. The molecule has 0 radical (unpaired) electrons. The molecule has 0 bridgehead atoms. The van der Waals surface area contributed by atoms with Crippen LogP contribution in [-0.2, 0) is 0 Å². The van der Waals surface area contributed by atoms with Crippen molar-refractivity contribution in [3.05, 3.63) is 186 Å². The van der Waals surface area contributed by atoms with Gasteiger partial charge in [-0.25, -0.2) is 4.42 Å². The maximum Gasteiger partial charge on any atom is 0.361 e. The van der Waals surface area contributed by atoms with E-state index in [1.807, 2.05) is 66.7 Å². The first-order valence-electron chi connectivity index (χ1n) is 13.8. The van der Waals surface area contributed by atoms with Gasteiger partial charge in [-0.2, -0.15) is 0 Å². The van der Waals surface area contributed by atoms with Gasteiger partial charge in [-0.05, 0) is 53.1 Å². The summed E-state index contributed by atoms with van der Waals surface area (Å²) in [6, 6.07) is 54.0. The van der Waals surface area contributed by atoms with E-state index in [4.69, 9.17) is 9.15 Å². The van der Waals surface area contributed by atoms with Gasteiger partial charge in [0.1, 0.15) is 11.5 Å². The molecule has 0 atom stereocenters. The molecule has 0 saturated heterocycles. The monoisotopic (exact) mass is 527 g/mol. The third-order valence-corrected chi connectivity index (χ3v) is 7.26.